The Balaban J connectivity index is 0. The lowest BCUT2D eigenvalue weighted by Gasteiger charge is -2.60. The largest absolute Gasteiger partial charge is 0.631 e. The second kappa shape index (κ2) is 6.87. The van der Waals surface area contributed by atoms with E-state index in [9.17, 15) is 0 Å². The Morgan fingerprint density at radius 3 is 0.571 bits per heavy atom. The first-order chi connectivity index (χ1) is 8.73. The lowest BCUT2D eigenvalue weighted by molar-refractivity contribution is 0.278. The molecular formula is C16H39BO3P+. The summed E-state index contributed by atoms with van der Waals surface area (Å²) in [5.74, 6) is 0. The van der Waals surface area contributed by atoms with Crippen molar-refractivity contribution in [2.75, 3.05) is 0 Å². The summed E-state index contributed by atoms with van der Waals surface area (Å²) in [5, 5.41) is 23.0. The summed E-state index contributed by atoms with van der Waals surface area (Å²) >= 11 is 0. The van der Waals surface area contributed by atoms with E-state index in [1.165, 1.54) is 0 Å². The van der Waals surface area contributed by atoms with Gasteiger partial charge in [0.2, 0.25) is 0 Å². The molecule has 0 radical (unpaired) electrons. The van der Waals surface area contributed by atoms with E-state index in [1.807, 2.05) is 0 Å². The van der Waals surface area contributed by atoms with Gasteiger partial charge in [-0.2, -0.15) is 0 Å². The molecule has 0 spiro atoms. The highest BCUT2D eigenvalue weighted by molar-refractivity contribution is 7.81. The summed E-state index contributed by atoms with van der Waals surface area (Å²) in [4.78, 5) is 0. The zero-order chi connectivity index (χ0) is 18.1. The van der Waals surface area contributed by atoms with E-state index >= 15 is 0 Å². The van der Waals surface area contributed by atoms with Crippen LogP contribution in [0, 0.1) is 0 Å². The fraction of sp³-hybridized carbons (Fsp3) is 1.00. The fourth-order valence-electron chi connectivity index (χ4n) is 6.04. The van der Waals surface area contributed by atoms with Crippen LogP contribution in [0.15, 0.2) is 0 Å². The monoisotopic (exact) mass is 321 g/mol. The first kappa shape index (κ1) is 23.6. The third-order valence-corrected chi connectivity index (χ3v) is 12.1. The minimum atomic E-state index is -2.17. The van der Waals surface area contributed by atoms with Crippen molar-refractivity contribution in [1.82, 2.24) is 0 Å². The normalized spacial score (nSPS) is 14.4. The van der Waals surface area contributed by atoms with Crippen LogP contribution in [-0.4, -0.2) is 43.0 Å². The molecular weight excluding hydrogens is 282 g/mol. The quantitative estimate of drug-likeness (QED) is 0.464. The molecule has 0 atom stereocenters. The van der Waals surface area contributed by atoms with E-state index in [2.05, 4.69) is 83.1 Å². The van der Waals surface area contributed by atoms with Gasteiger partial charge >= 0.3 is 7.32 Å². The molecule has 0 aliphatic carbocycles. The van der Waals surface area contributed by atoms with Crippen LogP contribution in [0.2, 0.25) is 0 Å². The Morgan fingerprint density at radius 1 is 0.476 bits per heavy atom. The summed E-state index contributed by atoms with van der Waals surface area (Å²) < 4.78 is 0. The van der Waals surface area contributed by atoms with Crippen LogP contribution in [0.3, 0.4) is 0 Å². The van der Waals surface area contributed by atoms with Crippen LogP contribution in [0.4, 0.5) is 0 Å². The van der Waals surface area contributed by atoms with Crippen molar-refractivity contribution in [3.05, 3.63) is 0 Å². The van der Waals surface area contributed by atoms with Gasteiger partial charge in [-0.1, -0.05) is 0 Å². The lowest BCUT2D eigenvalue weighted by Crippen LogP contribution is -2.51. The van der Waals surface area contributed by atoms with Crippen LogP contribution < -0.4 is 0 Å². The Kier molecular flexibility index (Phi) is 7.73. The zero-order valence-electron chi connectivity index (χ0n) is 16.4. The summed E-state index contributed by atoms with van der Waals surface area (Å²) in [6.07, 6.45) is 0. The minimum Gasteiger partial charge on any atom is -0.402 e. The van der Waals surface area contributed by atoms with E-state index in [0.29, 0.717) is 20.6 Å². The molecule has 0 bridgehead atoms. The molecule has 0 rings (SSSR count). The average Bonchev–Trinajstić information content (AvgIpc) is 1.86. The predicted octanol–water partition coefficient (Wildman–Crippen LogP) is 4.15. The molecule has 0 aromatic rings. The van der Waals surface area contributed by atoms with Crippen molar-refractivity contribution in [2.24, 2.45) is 0 Å². The number of hydrogen-bond acceptors (Lipinski definition) is 3. The van der Waals surface area contributed by atoms with Crippen LogP contribution in [-0.2, 0) is 0 Å². The summed E-state index contributed by atoms with van der Waals surface area (Å²) in [6, 6.07) is 0. The molecule has 0 aliphatic rings. The fourth-order valence-corrected chi connectivity index (χ4v) is 18.1. The lowest BCUT2D eigenvalue weighted by atomic mass is 10.2. The van der Waals surface area contributed by atoms with Crippen molar-refractivity contribution >= 4 is 14.6 Å². The molecule has 0 aromatic carbocycles. The van der Waals surface area contributed by atoms with Gasteiger partial charge < -0.3 is 15.1 Å². The molecule has 0 amide bonds. The third kappa shape index (κ3) is 5.20. The highest BCUT2D eigenvalue weighted by Crippen LogP contribution is 2.88. The Hall–Kier alpha value is 0.375. The van der Waals surface area contributed by atoms with Gasteiger partial charge in [0.1, 0.15) is 0 Å². The first-order valence-corrected chi connectivity index (χ1v) is 9.46. The van der Waals surface area contributed by atoms with Crippen molar-refractivity contribution in [1.29, 1.82) is 0 Å². The van der Waals surface area contributed by atoms with E-state index in [-0.39, 0.29) is 0 Å². The van der Waals surface area contributed by atoms with E-state index < -0.39 is 14.6 Å². The van der Waals surface area contributed by atoms with Crippen LogP contribution >= 0.6 is 7.26 Å². The highest BCUT2D eigenvalue weighted by Gasteiger charge is 2.70. The van der Waals surface area contributed by atoms with Gasteiger partial charge in [0.25, 0.3) is 0 Å². The molecule has 0 saturated carbocycles. The Bertz CT molecular complexity index is 250. The van der Waals surface area contributed by atoms with Gasteiger partial charge in [0, 0.05) is 7.26 Å². The average molecular weight is 321 g/mol. The first-order valence-electron chi connectivity index (χ1n) is 7.67. The van der Waals surface area contributed by atoms with E-state index in [0.717, 1.165) is 0 Å². The molecule has 0 fully saturated rings. The summed E-state index contributed by atoms with van der Waals surface area (Å²) in [6.45, 7) is 29.5. The molecule has 0 saturated heterocycles. The van der Waals surface area contributed by atoms with E-state index in [4.69, 9.17) is 15.1 Å². The standard InChI is InChI=1S/C16H36P.BH3O3/c1-13(2,3)17(14(4,5)6,15(7,8)9)16(10,11)12;2-1(3)4/h1-12H3;2-4H/q+1;. The zero-order valence-corrected chi connectivity index (χ0v) is 17.3. The van der Waals surface area contributed by atoms with Crippen LogP contribution in [0.5, 0.6) is 0 Å². The molecule has 3 N–H and O–H groups in total. The second-order valence-electron chi connectivity index (χ2n) is 9.70. The molecule has 3 nitrogen and oxygen atoms in total. The number of rotatable bonds is 0. The highest BCUT2D eigenvalue weighted by atomic mass is 31.2. The molecule has 128 valence electrons. The minimum absolute atomic E-state index is 0.377. The van der Waals surface area contributed by atoms with Gasteiger partial charge in [-0.15, -0.1) is 0 Å². The molecule has 21 heavy (non-hydrogen) atoms. The summed E-state index contributed by atoms with van der Waals surface area (Å²) in [7, 11) is -3.40. The smallest absolute Gasteiger partial charge is 0.402 e. The molecule has 5 heteroatoms. The third-order valence-electron chi connectivity index (χ3n) is 4.02. The molecule has 0 aromatic heterocycles. The Morgan fingerprint density at radius 2 is 0.571 bits per heavy atom. The van der Waals surface area contributed by atoms with Crippen molar-refractivity contribution in [2.45, 2.75) is 104 Å². The van der Waals surface area contributed by atoms with Gasteiger partial charge in [0.15, 0.2) is 0 Å². The van der Waals surface area contributed by atoms with Gasteiger partial charge in [-0.05, 0) is 83.1 Å². The molecule has 0 unspecified atom stereocenters. The van der Waals surface area contributed by atoms with Gasteiger partial charge in [-0.3, -0.25) is 0 Å². The van der Waals surface area contributed by atoms with E-state index in [1.54, 1.807) is 0 Å². The SMILES string of the molecule is CC(C)(C)[P+](C(C)(C)C)(C(C)(C)C)C(C)(C)C.OB(O)O. The van der Waals surface area contributed by atoms with Crippen LogP contribution in [0.25, 0.3) is 0 Å². The van der Waals surface area contributed by atoms with Crippen LogP contribution in [0.1, 0.15) is 83.1 Å². The maximum atomic E-state index is 7.17. The Labute approximate surface area is 134 Å². The number of hydrogen-bond donors (Lipinski definition) is 3. The second-order valence-corrected chi connectivity index (χ2v) is 16.4. The maximum absolute atomic E-state index is 7.17. The van der Waals surface area contributed by atoms with Gasteiger partial charge in [-0.25, -0.2) is 0 Å². The maximum Gasteiger partial charge on any atom is 0.631 e. The molecule has 0 aliphatic heterocycles. The summed E-state index contributed by atoms with van der Waals surface area (Å²) in [5.41, 5.74) is 0. The topological polar surface area (TPSA) is 60.7 Å². The van der Waals surface area contributed by atoms with Gasteiger partial charge in [0.05, 0.1) is 20.6 Å². The van der Waals surface area contributed by atoms with Crippen molar-refractivity contribution < 1.29 is 15.1 Å². The predicted molar refractivity (Wildman–Crippen MR) is 98.3 cm³/mol. The van der Waals surface area contributed by atoms with Crippen molar-refractivity contribution in [3.8, 4) is 0 Å². The molecule has 0 heterocycles. The van der Waals surface area contributed by atoms with Crippen molar-refractivity contribution in [3.63, 3.8) is 0 Å².